The van der Waals surface area contributed by atoms with E-state index in [1.54, 1.807) is 0 Å². The molecule has 0 aliphatic carbocycles. The van der Waals surface area contributed by atoms with Gasteiger partial charge < -0.3 is 0 Å². The van der Waals surface area contributed by atoms with Crippen LogP contribution < -0.4 is 16.4 Å². The molecule has 0 rings (SSSR count). The fourth-order valence-electron chi connectivity index (χ4n) is 1.25. The molecule has 2 amide bonds. The average molecular weight is 353 g/mol. The van der Waals surface area contributed by atoms with Crippen LogP contribution in [0.5, 0.6) is 0 Å². The minimum atomic E-state index is -1.25. The summed E-state index contributed by atoms with van der Waals surface area (Å²) in [4.78, 5) is 44.2. The van der Waals surface area contributed by atoms with Gasteiger partial charge in [0.1, 0.15) is 0 Å². The van der Waals surface area contributed by atoms with Crippen molar-refractivity contribution >= 4 is 41.5 Å². The predicted octanol–water partition coefficient (Wildman–Crippen LogP) is -1.20. The second-order valence-electron chi connectivity index (χ2n) is 4.09. The molecule has 0 aromatic heterocycles. The van der Waals surface area contributed by atoms with Crippen molar-refractivity contribution in [1.82, 2.24) is 10.6 Å². The second kappa shape index (κ2) is 10.9. The van der Waals surface area contributed by atoms with E-state index in [1.165, 1.54) is 0 Å². The van der Waals surface area contributed by atoms with E-state index in [2.05, 4.69) is 10.6 Å². The minimum absolute atomic E-state index is 0.0345. The van der Waals surface area contributed by atoms with Gasteiger partial charge in [0.2, 0.25) is 0 Å². The number of amides is 2. The predicted molar refractivity (Wildman–Crippen MR) is 77.5 cm³/mol. The third-order valence-electron chi connectivity index (χ3n) is 2.36. The van der Waals surface area contributed by atoms with E-state index in [-0.39, 0.29) is 25.6 Å². The molecule has 124 valence electrons. The summed E-state index contributed by atoms with van der Waals surface area (Å²) in [5, 5.41) is 21.5. The van der Waals surface area contributed by atoms with Crippen LogP contribution in [-0.2, 0) is 23.7 Å². The van der Waals surface area contributed by atoms with E-state index in [4.69, 9.17) is 15.9 Å². The van der Waals surface area contributed by atoms with Gasteiger partial charge >= 0.3 is 129 Å². The van der Waals surface area contributed by atoms with Crippen molar-refractivity contribution in [2.75, 3.05) is 12.3 Å². The number of hydrogen-bond donors (Lipinski definition) is 5. The fourth-order valence-corrected chi connectivity index (χ4v) is 2.32. The Bertz CT molecular complexity index is 550. The van der Waals surface area contributed by atoms with E-state index in [0.29, 0.717) is 0 Å². The molecule has 0 unspecified atom stereocenters. The van der Waals surface area contributed by atoms with Gasteiger partial charge in [-0.25, -0.2) is 0 Å². The zero-order valence-electron chi connectivity index (χ0n) is 11.4. The molecule has 22 heavy (non-hydrogen) atoms. The third-order valence-corrected chi connectivity index (χ3v) is 3.71. The first-order valence-electron chi connectivity index (χ1n) is 5.99. The molecule has 6 N–H and O–H groups in total. The molecule has 0 aromatic rings. The van der Waals surface area contributed by atoms with Crippen molar-refractivity contribution in [3.63, 3.8) is 0 Å². The van der Waals surface area contributed by atoms with Crippen molar-refractivity contribution in [2.24, 2.45) is 5.73 Å². The van der Waals surface area contributed by atoms with Crippen LogP contribution >= 0.6 is 17.8 Å². The summed E-state index contributed by atoms with van der Waals surface area (Å²) in [5.41, 5.74) is 5.25. The van der Waals surface area contributed by atoms with Crippen molar-refractivity contribution < 1.29 is 34.0 Å². The Morgan fingerprint density at radius 1 is 1.23 bits per heavy atom. The van der Waals surface area contributed by atoms with Gasteiger partial charge in [-0.2, -0.15) is 0 Å². The van der Waals surface area contributed by atoms with Crippen LogP contribution in [-0.4, -0.2) is 58.3 Å². The van der Waals surface area contributed by atoms with Crippen molar-refractivity contribution in [1.29, 1.82) is 0 Å². The zero-order chi connectivity index (χ0) is 17.1. The molecule has 10 nitrogen and oxygen atoms in total. The Labute approximate surface area is 129 Å². The standard InChI is InChI=1S/C10H16N3O7PS/c11-5(10(18)19)1-2-7(14)13-6(4-22-21-20)9(17)12-3-8(15)16/h5-6H,1-4,11H2,(H,12,17)(H,13,14)(H,15,16)(H,18,19)/t5-,6-/m0/s1. The number of nitrogens with two attached hydrogens (primary N) is 1. The number of carboxylic acid groups (broad SMARTS) is 2. The number of nitrogens with one attached hydrogen (secondary N) is 2. The van der Waals surface area contributed by atoms with Gasteiger partial charge in [-0.3, -0.25) is 0 Å². The molecule has 0 fully saturated rings. The molecule has 0 aliphatic heterocycles. The SMILES string of the molecule is N[C@@H](CCC(=O)N[C@@H](CS#P=O)C(=O)NCC(=O)O)C(=O)O. The van der Waals surface area contributed by atoms with Gasteiger partial charge in [-0.15, -0.1) is 0 Å². The summed E-state index contributed by atoms with van der Waals surface area (Å²) < 4.78 is 10.4. The number of aliphatic carboxylic acids is 2. The molecule has 0 spiro atoms. The van der Waals surface area contributed by atoms with Gasteiger partial charge in [0.05, 0.1) is 0 Å². The number of hydrogen-bond acceptors (Lipinski definition) is 6. The van der Waals surface area contributed by atoms with Crippen LogP contribution in [0, 0.1) is 0 Å². The van der Waals surface area contributed by atoms with Crippen molar-refractivity contribution in [3.05, 3.63) is 0 Å². The van der Waals surface area contributed by atoms with Crippen LogP contribution in [0.25, 0.3) is 0 Å². The summed E-state index contributed by atoms with van der Waals surface area (Å²) in [7, 11) is 0.522. The van der Waals surface area contributed by atoms with Crippen LogP contribution in [0.15, 0.2) is 0 Å². The quantitative estimate of drug-likeness (QED) is 0.321. The molecule has 0 radical (unpaired) electrons. The first kappa shape index (κ1) is 20.3. The van der Waals surface area contributed by atoms with Crippen LogP contribution in [0.3, 0.4) is 0 Å². The molecule has 0 aliphatic rings. The third kappa shape index (κ3) is 9.27. The molecule has 0 saturated heterocycles. The number of carboxylic acids is 2. The fraction of sp³-hybridized carbons (Fsp3) is 0.600. The van der Waals surface area contributed by atoms with Gasteiger partial charge in [0.15, 0.2) is 0 Å². The zero-order valence-corrected chi connectivity index (χ0v) is 13.1. The van der Waals surface area contributed by atoms with Gasteiger partial charge in [0, 0.05) is 0 Å². The molecule has 0 bridgehead atoms. The Kier molecular flexibility index (Phi) is 10.1. The first-order valence-corrected chi connectivity index (χ1v) is 8.40. The van der Waals surface area contributed by atoms with Gasteiger partial charge in [0.25, 0.3) is 0 Å². The number of rotatable bonds is 9. The summed E-state index contributed by atoms with van der Waals surface area (Å²) in [5.74, 6) is -3.89. The topological polar surface area (TPSA) is 176 Å². The second-order valence-corrected chi connectivity index (χ2v) is 6.05. The molecule has 0 saturated carbocycles. The van der Waals surface area contributed by atoms with Gasteiger partial charge in [-0.05, 0) is 0 Å². The maximum atomic E-state index is 11.7. The summed E-state index contributed by atoms with van der Waals surface area (Å²) in [6.07, 6.45) is -0.326. The van der Waals surface area contributed by atoms with E-state index in [0.717, 1.165) is 10.7 Å². The van der Waals surface area contributed by atoms with Crippen LogP contribution in [0.1, 0.15) is 12.8 Å². The van der Waals surface area contributed by atoms with Crippen LogP contribution in [0.2, 0.25) is 0 Å². The van der Waals surface area contributed by atoms with E-state index in [9.17, 15) is 23.7 Å². The average Bonchev–Trinajstić information content (AvgIpc) is 2.46. The molecule has 0 aromatic carbocycles. The first-order chi connectivity index (χ1) is 10.3. The summed E-state index contributed by atoms with van der Waals surface area (Å²) >= 11 is 0. The van der Waals surface area contributed by atoms with Crippen molar-refractivity contribution in [2.45, 2.75) is 24.9 Å². The number of carbonyl (C=O) groups is 4. The Balaban J connectivity index is 4.55. The maximum absolute atomic E-state index is 11.7. The monoisotopic (exact) mass is 353 g/mol. The van der Waals surface area contributed by atoms with Crippen molar-refractivity contribution in [3.8, 4) is 0 Å². The summed E-state index contributed by atoms with van der Waals surface area (Å²) in [6, 6.07) is -2.28. The van der Waals surface area contributed by atoms with E-state index >= 15 is 0 Å². The number of carbonyl (C=O) groups excluding carboxylic acids is 2. The van der Waals surface area contributed by atoms with E-state index < -0.39 is 42.4 Å². The van der Waals surface area contributed by atoms with Crippen LogP contribution in [0.4, 0.5) is 0 Å². The summed E-state index contributed by atoms with van der Waals surface area (Å²) in [6.45, 7) is -0.616. The van der Waals surface area contributed by atoms with Gasteiger partial charge in [-0.1, -0.05) is 0 Å². The Hall–Kier alpha value is -1.71. The molecule has 12 heteroatoms. The molecule has 0 heterocycles. The molecule has 2 atom stereocenters. The Morgan fingerprint density at radius 2 is 1.86 bits per heavy atom. The normalized spacial score (nSPS) is 12.6. The van der Waals surface area contributed by atoms with E-state index in [1.807, 2.05) is 0 Å². The molecular weight excluding hydrogens is 337 g/mol. The molecular formula is C10H16N3O7PS. The Morgan fingerprint density at radius 3 is 2.36 bits per heavy atom.